The summed E-state index contributed by atoms with van der Waals surface area (Å²) >= 11 is 0. The van der Waals surface area contributed by atoms with Crippen LogP contribution in [0, 0.1) is 23.2 Å². The second-order valence-electron chi connectivity index (χ2n) is 11.9. The fraction of sp³-hybridized carbons (Fsp3) is 0.640. The lowest BCUT2D eigenvalue weighted by atomic mass is 9.64. The molecule has 37 heavy (non-hydrogen) atoms. The normalized spacial score (nSPS) is 35.0. The molecule has 4 aliphatic heterocycles. The second kappa shape index (κ2) is 7.78. The zero-order chi connectivity index (χ0) is 27.3. The molecule has 0 aliphatic carbocycles. The van der Waals surface area contributed by atoms with Gasteiger partial charge in [0.1, 0.15) is 6.23 Å². The van der Waals surface area contributed by atoms with Crippen LogP contribution in [0.15, 0.2) is 18.2 Å². The number of carbonyl (C=O) groups is 2. The maximum Gasteiger partial charge on any atom is 0.417 e. The van der Waals surface area contributed by atoms with E-state index in [0.29, 0.717) is 6.42 Å². The minimum atomic E-state index is -4.82. The Bertz CT molecular complexity index is 1220. The molecule has 0 unspecified atom stereocenters. The van der Waals surface area contributed by atoms with Crippen molar-refractivity contribution in [2.45, 2.75) is 81.5 Å². The van der Waals surface area contributed by atoms with Crippen LogP contribution in [0.4, 0.5) is 18.9 Å². The third-order valence-corrected chi connectivity index (χ3v) is 13.5. The SMILES string of the molecule is CC(C)(C)[Si](C)(C)O[C@@H]1C[C@@]23CCO[C@H]4[C@@H]2[C@H](C(=O)N4c2ccc(C#N)c(C(F)(F)F)c2)[C@]1(C(=O)O)O3. The molecule has 1 aromatic rings. The van der Waals surface area contributed by atoms with Crippen molar-refractivity contribution < 1.29 is 41.8 Å². The monoisotopic (exact) mass is 538 g/mol. The number of benzene rings is 1. The summed E-state index contributed by atoms with van der Waals surface area (Å²) in [5.41, 5.74) is -4.83. The summed E-state index contributed by atoms with van der Waals surface area (Å²) in [6, 6.07) is 4.56. The van der Waals surface area contributed by atoms with Crippen LogP contribution < -0.4 is 4.90 Å². The number of anilines is 1. The topological polar surface area (TPSA) is 109 Å². The molecule has 0 saturated carbocycles. The van der Waals surface area contributed by atoms with Crippen LogP contribution in [0.1, 0.15) is 44.7 Å². The Kier molecular flexibility index (Phi) is 5.50. The van der Waals surface area contributed by atoms with Gasteiger partial charge in [0, 0.05) is 24.4 Å². The molecule has 200 valence electrons. The van der Waals surface area contributed by atoms with E-state index in [1.165, 1.54) is 12.1 Å². The number of carboxylic acid groups (broad SMARTS) is 1. The minimum absolute atomic E-state index is 0.102. The number of nitriles is 1. The van der Waals surface area contributed by atoms with Gasteiger partial charge in [-0.3, -0.25) is 9.69 Å². The number of hydrogen-bond acceptors (Lipinski definition) is 6. The fourth-order valence-corrected chi connectivity index (χ4v) is 7.58. The molecule has 4 fully saturated rings. The van der Waals surface area contributed by atoms with Gasteiger partial charge in [0.2, 0.25) is 11.5 Å². The summed E-state index contributed by atoms with van der Waals surface area (Å²) in [4.78, 5) is 28.0. The molecule has 1 aromatic carbocycles. The van der Waals surface area contributed by atoms with Crippen molar-refractivity contribution in [2.75, 3.05) is 11.5 Å². The first-order valence-corrected chi connectivity index (χ1v) is 15.1. The van der Waals surface area contributed by atoms with Crippen molar-refractivity contribution in [3.05, 3.63) is 29.3 Å². The molecule has 0 aromatic heterocycles. The van der Waals surface area contributed by atoms with Crippen LogP contribution in [-0.4, -0.2) is 55.4 Å². The van der Waals surface area contributed by atoms with Gasteiger partial charge in [0.15, 0.2) is 8.32 Å². The number of halogens is 3. The molecular weight excluding hydrogens is 509 g/mol. The molecule has 4 aliphatic rings. The van der Waals surface area contributed by atoms with E-state index < -0.39 is 72.9 Å². The number of carbonyl (C=O) groups excluding carboxylic acids is 1. The van der Waals surface area contributed by atoms with Crippen molar-refractivity contribution >= 4 is 25.9 Å². The van der Waals surface area contributed by atoms with Crippen LogP contribution in [0.3, 0.4) is 0 Å². The van der Waals surface area contributed by atoms with Crippen LogP contribution in [0.5, 0.6) is 0 Å². The van der Waals surface area contributed by atoms with Gasteiger partial charge in [-0.2, -0.15) is 18.4 Å². The molecule has 1 spiro atoms. The Morgan fingerprint density at radius 1 is 1.30 bits per heavy atom. The smallest absolute Gasteiger partial charge is 0.417 e. The standard InChI is InChI=1S/C25H29F3N2O6Si/c1-22(2,3)37(4,5)35-16-11-23-8-9-34-20-18(23)17(24(16,36-23)21(32)33)19(31)30(20)14-7-6-13(12-29)15(10-14)25(26,27)28/h6-7,10,16-18,20H,8-9,11H2,1-5H3,(H,32,33)/t16-,17-,18+,20+,23+,24-/m1/s1. The molecule has 2 bridgehead atoms. The zero-order valence-electron chi connectivity index (χ0n) is 21.2. The highest BCUT2D eigenvalue weighted by Gasteiger charge is 2.83. The fourth-order valence-electron chi connectivity index (χ4n) is 6.26. The van der Waals surface area contributed by atoms with Gasteiger partial charge in [0.05, 0.1) is 41.4 Å². The number of hydrogen-bond donors (Lipinski definition) is 1. The van der Waals surface area contributed by atoms with Crippen molar-refractivity contribution in [1.29, 1.82) is 5.26 Å². The van der Waals surface area contributed by atoms with Gasteiger partial charge in [-0.1, -0.05) is 20.8 Å². The third kappa shape index (κ3) is 3.44. The maximum absolute atomic E-state index is 14.0. The number of amides is 1. The lowest BCUT2D eigenvalue weighted by Gasteiger charge is -2.45. The van der Waals surface area contributed by atoms with E-state index >= 15 is 0 Å². The molecule has 1 N–H and O–H groups in total. The number of alkyl halides is 3. The first-order valence-electron chi connectivity index (χ1n) is 12.2. The summed E-state index contributed by atoms with van der Waals surface area (Å²) < 4.78 is 59.9. The number of carboxylic acids is 1. The highest BCUT2D eigenvalue weighted by molar-refractivity contribution is 6.74. The van der Waals surface area contributed by atoms with Crippen LogP contribution >= 0.6 is 0 Å². The highest BCUT2D eigenvalue weighted by Crippen LogP contribution is 2.66. The Balaban J connectivity index is 1.61. The molecular formula is C25H29F3N2O6Si. The number of ether oxygens (including phenoxy) is 2. The van der Waals surface area contributed by atoms with Crippen molar-refractivity contribution in [3.8, 4) is 6.07 Å². The molecule has 4 heterocycles. The van der Waals surface area contributed by atoms with Crippen LogP contribution in [0.2, 0.25) is 18.1 Å². The predicted octanol–water partition coefficient (Wildman–Crippen LogP) is 4.29. The first kappa shape index (κ1) is 26.2. The Morgan fingerprint density at radius 2 is 1.97 bits per heavy atom. The lowest BCUT2D eigenvalue weighted by molar-refractivity contribution is -0.179. The molecule has 12 heteroatoms. The van der Waals surface area contributed by atoms with Gasteiger partial charge in [-0.15, -0.1) is 0 Å². The third-order valence-electron chi connectivity index (χ3n) is 8.97. The van der Waals surface area contributed by atoms with Gasteiger partial charge in [-0.05, 0) is 36.3 Å². The Labute approximate surface area is 213 Å². The molecule has 1 amide bonds. The molecule has 5 rings (SSSR count). The average Bonchev–Trinajstić information content (AvgIpc) is 3.37. The van der Waals surface area contributed by atoms with E-state index in [0.717, 1.165) is 17.0 Å². The largest absolute Gasteiger partial charge is 0.479 e. The number of nitrogens with zero attached hydrogens (tertiary/aromatic N) is 2. The molecule has 0 radical (unpaired) electrons. The van der Waals surface area contributed by atoms with E-state index in [2.05, 4.69) is 0 Å². The van der Waals surface area contributed by atoms with Gasteiger partial charge >= 0.3 is 12.1 Å². The van der Waals surface area contributed by atoms with Gasteiger partial charge in [0.25, 0.3) is 0 Å². The lowest BCUT2D eigenvalue weighted by Crippen LogP contribution is -2.60. The average molecular weight is 539 g/mol. The molecule has 8 nitrogen and oxygen atoms in total. The quantitative estimate of drug-likeness (QED) is 0.570. The second-order valence-corrected chi connectivity index (χ2v) is 16.7. The summed E-state index contributed by atoms with van der Waals surface area (Å²) in [5.74, 6) is -3.88. The van der Waals surface area contributed by atoms with E-state index in [4.69, 9.17) is 19.2 Å². The molecule has 6 atom stereocenters. The van der Waals surface area contributed by atoms with Crippen molar-refractivity contribution in [1.82, 2.24) is 0 Å². The first-order chi connectivity index (χ1) is 17.0. The number of rotatable bonds is 4. The minimum Gasteiger partial charge on any atom is -0.479 e. The van der Waals surface area contributed by atoms with Crippen LogP contribution in [0.25, 0.3) is 0 Å². The van der Waals surface area contributed by atoms with Gasteiger partial charge in [-0.25, -0.2) is 4.79 Å². The van der Waals surface area contributed by atoms with Gasteiger partial charge < -0.3 is 19.0 Å². The summed E-state index contributed by atoms with van der Waals surface area (Å²) in [7, 11) is -2.49. The van der Waals surface area contributed by atoms with E-state index in [1.807, 2.05) is 33.9 Å². The number of aliphatic carboxylic acids is 1. The van der Waals surface area contributed by atoms with Crippen LogP contribution in [-0.2, 0) is 29.7 Å². The summed E-state index contributed by atoms with van der Waals surface area (Å²) in [6.45, 7) is 10.2. The van der Waals surface area contributed by atoms with E-state index in [1.54, 1.807) is 0 Å². The molecule has 4 saturated heterocycles. The highest BCUT2D eigenvalue weighted by atomic mass is 28.4. The Hall–Kier alpha value is -2.46. The predicted molar refractivity (Wildman–Crippen MR) is 126 cm³/mol. The van der Waals surface area contributed by atoms with E-state index in [-0.39, 0.29) is 23.8 Å². The summed E-state index contributed by atoms with van der Waals surface area (Å²) in [5, 5.41) is 19.5. The van der Waals surface area contributed by atoms with Crippen molar-refractivity contribution in [2.24, 2.45) is 11.8 Å². The maximum atomic E-state index is 14.0. The number of fused-ring (bicyclic) bond motifs is 2. The Morgan fingerprint density at radius 3 is 2.54 bits per heavy atom. The van der Waals surface area contributed by atoms with E-state index in [9.17, 15) is 27.9 Å². The van der Waals surface area contributed by atoms with Crippen molar-refractivity contribution in [3.63, 3.8) is 0 Å². The zero-order valence-corrected chi connectivity index (χ0v) is 22.2. The summed E-state index contributed by atoms with van der Waals surface area (Å²) in [6.07, 6.45) is -6.09.